The molecule has 174 valence electrons. The number of aromatic nitrogens is 3. The van der Waals surface area contributed by atoms with E-state index in [0.717, 1.165) is 22.6 Å². The SMILES string of the molecule is Cc1ccccc1C(=O)OCC(=O)c1cc(C)n(-c2c(C)n(C)n(-c3ccccc3)c2=O)c1C. The second-order valence-electron chi connectivity index (χ2n) is 8.34. The molecule has 0 saturated carbocycles. The van der Waals surface area contributed by atoms with Crippen LogP contribution >= 0.6 is 0 Å². The van der Waals surface area contributed by atoms with Crippen molar-refractivity contribution < 1.29 is 14.3 Å². The van der Waals surface area contributed by atoms with Crippen LogP contribution in [0.1, 0.15) is 43.4 Å². The Morgan fingerprint density at radius 1 is 0.853 bits per heavy atom. The third-order valence-electron chi connectivity index (χ3n) is 6.18. The quantitative estimate of drug-likeness (QED) is 0.321. The zero-order chi connectivity index (χ0) is 24.6. The minimum atomic E-state index is -0.537. The Kier molecular flexibility index (Phi) is 6.11. The maximum atomic E-state index is 13.5. The summed E-state index contributed by atoms with van der Waals surface area (Å²) in [6.07, 6.45) is 0. The van der Waals surface area contributed by atoms with Gasteiger partial charge in [0.25, 0.3) is 5.56 Å². The summed E-state index contributed by atoms with van der Waals surface area (Å²) < 4.78 is 10.5. The lowest BCUT2D eigenvalue weighted by Gasteiger charge is -2.09. The maximum Gasteiger partial charge on any atom is 0.338 e. The molecule has 0 bridgehead atoms. The van der Waals surface area contributed by atoms with Crippen molar-refractivity contribution in [3.8, 4) is 11.4 Å². The molecule has 7 heteroatoms. The van der Waals surface area contributed by atoms with E-state index in [2.05, 4.69) is 0 Å². The molecular weight excluding hydrogens is 430 g/mol. The number of hydrogen-bond acceptors (Lipinski definition) is 4. The van der Waals surface area contributed by atoms with Crippen LogP contribution in [0.3, 0.4) is 0 Å². The average molecular weight is 458 g/mol. The van der Waals surface area contributed by atoms with Gasteiger partial charge >= 0.3 is 5.97 Å². The Bertz CT molecular complexity index is 1460. The standard InChI is InChI=1S/C27H27N3O4/c1-17-11-9-10-14-22(17)27(33)34-16-24(31)23-15-18(2)29(19(23)3)25-20(4)28(5)30(26(25)32)21-12-7-6-8-13-21/h6-15H,16H2,1-5H3. The molecule has 0 aliphatic carbocycles. The Morgan fingerprint density at radius 2 is 1.50 bits per heavy atom. The summed E-state index contributed by atoms with van der Waals surface area (Å²) >= 11 is 0. The smallest absolute Gasteiger partial charge is 0.338 e. The van der Waals surface area contributed by atoms with Gasteiger partial charge in [-0.3, -0.25) is 14.3 Å². The number of carbonyl (C=O) groups excluding carboxylic acids is 2. The summed E-state index contributed by atoms with van der Waals surface area (Å²) in [5, 5.41) is 0. The number of ether oxygens (including phenoxy) is 1. The van der Waals surface area contributed by atoms with Crippen LogP contribution in [0.5, 0.6) is 0 Å². The topological polar surface area (TPSA) is 75.2 Å². The highest BCUT2D eigenvalue weighted by Gasteiger charge is 2.24. The highest BCUT2D eigenvalue weighted by atomic mass is 16.5. The normalized spacial score (nSPS) is 11.0. The predicted molar refractivity (Wildman–Crippen MR) is 130 cm³/mol. The summed E-state index contributed by atoms with van der Waals surface area (Å²) in [5.74, 6) is -0.858. The molecule has 34 heavy (non-hydrogen) atoms. The van der Waals surface area contributed by atoms with E-state index in [0.29, 0.717) is 22.5 Å². The Morgan fingerprint density at radius 3 is 2.18 bits per heavy atom. The van der Waals surface area contributed by atoms with Crippen molar-refractivity contribution in [2.75, 3.05) is 6.61 Å². The van der Waals surface area contributed by atoms with Gasteiger partial charge in [0.1, 0.15) is 5.69 Å². The monoisotopic (exact) mass is 457 g/mol. The van der Waals surface area contributed by atoms with Gasteiger partial charge in [-0.15, -0.1) is 0 Å². The molecule has 0 saturated heterocycles. The minimum absolute atomic E-state index is 0.182. The van der Waals surface area contributed by atoms with E-state index >= 15 is 0 Å². The molecule has 7 nitrogen and oxygen atoms in total. The van der Waals surface area contributed by atoms with Crippen molar-refractivity contribution in [3.05, 3.63) is 105 Å². The van der Waals surface area contributed by atoms with Gasteiger partial charge < -0.3 is 9.30 Å². The van der Waals surface area contributed by atoms with Gasteiger partial charge in [0.05, 0.1) is 16.9 Å². The van der Waals surface area contributed by atoms with Crippen molar-refractivity contribution in [2.45, 2.75) is 27.7 Å². The fourth-order valence-corrected chi connectivity index (χ4v) is 4.29. The number of rotatable bonds is 6. The van der Waals surface area contributed by atoms with E-state index in [1.54, 1.807) is 39.1 Å². The molecule has 4 rings (SSSR count). The zero-order valence-corrected chi connectivity index (χ0v) is 20.0. The van der Waals surface area contributed by atoms with Crippen molar-refractivity contribution >= 4 is 11.8 Å². The molecule has 0 spiro atoms. The number of aryl methyl sites for hydroxylation is 2. The minimum Gasteiger partial charge on any atom is -0.454 e. The zero-order valence-electron chi connectivity index (χ0n) is 20.0. The number of Topliss-reactive ketones (excluding diaryl/α,β-unsaturated/α-hetero) is 1. The summed E-state index contributed by atoms with van der Waals surface area (Å²) in [6.45, 7) is 6.96. The highest BCUT2D eigenvalue weighted by Crippen LogP contribution is 2.23. The molecule has 0 aliphatic rings. The number of benzene rings is 2. The van der Waals surface area contributed by atoms with Crippen LogP contribution < -0.4 is 5.56 Å². The second-order valence-corrected chi connectivity index (χ2v) is 8.34. The molecule has 2 aromatic heterocycles. The number of nitrogens with zero attached hydrogens (tertiary/aromatic N) is 3. The van der Waals surface area contributed by atoms with E-state index < -0.39 is 5.97 Å². The van der Waals surface area contributed by atoms with Crippen molar-refractivity contribution in [3.63, 3.8) is 0 Å². The number of hydrogen-bond donors (Lipinski definition) is 0. The third kappa shape index (κ3) is 3.90. The van der Waals surface area contributed by atoms with E-state index in [1.165, 1.54) is 0 Å². The number of ketones is 1. The first-order chi connectivity index (χ1) is 16.2. The summed E-state index contributed by atoms with van der Waals surface area (Å²) in [4.78, 5) is 38.9. The van der Waals surface area contributed by atoms with Crippen LogP contribution in [-0.4, -0.2) is 32.3 Å². The molecule has 2 aromatic carbocycles. The predicted octanol–water partition coefficient (Wildman–Crippen LogP) is 4.24. The summed E-state index contributed by atoms with van der Waals surface area (Å²) in [6, 6.07) is 18.2. The molecule has 0 N–H and O–H groups in total. The van der Waals surface area contributed by atoms with Gasteiger partial charge in [-0.25, -0.2) is 9.48 Å². The van der Waals surface area contributed by atoms with Crippen molar-refractivity contribution in [1.29, 1.82) is 0 Å². The fraction of sp³-hybridized carbons (Fsp3) is 0.222. The van der Waals surface area contributed by atoms with Crippen LogP contribution in [0.25, 0.3) is 11.4 Å². The second kappa shape index (κ2) is 9.02. The molecule has 4 aromatic rings. The van der Waals surface area contributed by atoms with Gasteiger partial charge in [0.2, 0.25) is 5.78 Å². The number of carbonyl (C=O) groups is 2. The first-order valence-corrected chi connectivity index (χ1v) is 11.0. The Balaban J connectivity index is 1.66. The molecule has 0 aliphatic heterocycles. The van der Waals surface area contributed by atoms with Gasteiger partial charge in [-0.2, -0.15) is 0 Å². The van der Waals surface area contributed by atoms with Gasteiger partial charge in [-0.1, -0.05) is 36.4 Å². The van der Waals surface area contributed by atoms with E-state index in [4.69, 9.17) is 4.74 Å². The van der Waals surface area contributed by atoms with Crippen LogP contribution in [0.4, 0.5) is 0 Å². The molecule has 2 heterocycles. The van der Waals surface area contributed by atoms with E-state index in [-0.39, 0.29) is 17.9 Å². The summed E-state index contributed by atoms with van der Waals surface area (Å²) in [7, 11) is 1.83. The van der Waals surface area contributed by atoms with Crippen LogP contribution in [0.2, 0.25) is 0 Å². The first-order valence-electron chi connectivity index (χ1n) is 11.0. The fourth-order valence-electron chi connectivity index (χ4n) is 4.29. The molecule has 0 radical (unpaired) electrons. The van der Waals surface area contributed by atoms with E-state index in [9.17, 15) is 14.4 Å². The molecule has 0 unspecified atom stereocenters. The number of esters is 1. The lowest BCUT2D eigenvalue weighted by atomic mass is 10.1. The average Bonchev–Trinajstić information content (AvgIpc) is 3.23. The molecule has 0 fully saturated rings. The lowest BCUT2D eigenvalue weighted by Crippen LogP contribution is -2.22. The Labute approximate surface area is 197 Å². The van der Waals surface area contributed by atoms with Gasteiger partial charge in [0.15, 0.2) is 6.61 Å². The third-order valence-corrected chi connectivity index (χ3v) is 6.18. The Hall–Kier alpha value is -4.13. The first kappa shape index (κ1) is 23.0. The summed E-state index contributed by atoms with van der Waals surface area (Å²) in [5.41, 5.74) is 4.83. The van der Waals surface area contributed by atoms with Crippen LogP contribution in [0, 0.1) is 27.7 Å². The maximum absolute atomic E-state index is 13.5. The van der Waals surface area contributed by atoms with Crippen LogP contribution in [0.15, 0.2) is 65.5 Å². The van der Waals surface area contributed by atoms with Crippen LogP contribution in [-0.2, 0) is 11.8 Å². The van der Waals surface area contributed by atoms with Gasteiger partial charge in [0, 0.05) is 24.0 Å². The molecule has 0 atom stereocenters. The van der Waals surface area contributed by atoms with Crippen molar-refractivity contribution in [2.24, 2.45) is 7.05 Å². The van der Waals surface area contributed by atoms with Crippen molar-refractivity contribution in [1.82, 2.24) is 13.9 Å². The van der Waals surface area contributed by atoms with Gasteiger partial charge in [-0.05, 0) is 57.5 Å². The molecular formula is C27H27N3O4. The largest absolute Gasteiger partial charge is 0.454 e. The lowest BCUT2D eigenvalue weighted by molar-refractivity contribution is 0.0474. The number of para-hydroxylation sites is 1. The van der Waals surface area contributed by atoms with E-state index in [1.807, 2.05) is 70.3 Å². The molecule has 0 amide bonds. The highest BCUT2D eigenvalue weighted by molar-refractivity contribution is 6.00.